The van der Waals surface area contributed by atoms with E-state index in [1.165, 1.54) is 68.9 Å². The van der Waals surface area contributed by atoms with Crippen LogP contribution < -0.4 is 4.74 Å². The summed E-state index contributed by atoms with van der Waals surface area (Å²) >= 11 is 0. The van der Waals surface area contributed by atoms with Crippen LogP contribution in [0.1, 0.15) is 103 Å². The zero-order chi connectivity index (χ0) is 26.9. The Bertz CT molecular complexity index is 863. The molecule has 2 atom stereocenters. The summed E-state index contributed by atoms with van der Waals surface area (Å²) in [6.07, 6.45) is 14.0. The van der Waals surface area contributed by atoms with Crippen LogP contribution in [0.15, 0.2) is 54.6 Å². The van der Waals surface area contributed by atoms with Crippen molar-refractivity contribution in [2.45, 2.75) is 117 Å². The summed E-state index contributed by atoms with van der Waals surface area (Å²) in [5.41, 5.74) is 2.55. The molecule has 2 rings (SSSR count). The highest BCUT2D eigenvalue weighted by molar-refractivity contribution is 5.74. The fourth-order valence-electron chi connectivity index (χ4n) is 5.04. The summed E-state index contributed by atoms with van der Waals surface area (Å²) in [7, 11) is 4.19. The first-order valence-corrected chi connectivity index (χ1v) is 14.7. The van der Waals surface area contributed by atoms with Crippen molar-refractivity contribution in [1.82, 2.24) is 0 Å². The maximum absolute atomic E-state index is 13.2. The number of carbonyl (C=O) groups is 1. The summed E-state index contributed by atoms with van der Waals surface area (Å²) in [6.45, 7) is 7.07. The van der Waals surface area contributed by atoms with Gasteiger partial charge in [-0.2, -0.15) is 0 Å². The van der Waals surface area contributed by atoms with Crippen LogP contribution in [0.2, 0.25) is 0 Å². The largest absolute Gasteiger partial charge is 0.455 e. The number of hydrogen-bond acceptors (Lipinski definition) is 3. The van der Waals surface area contributed by atoms with E-state index in [-0.39, 0.29) is 12.0 Å². The SMILES string of the molecule is CCCCCCCCCCCc1ccc(OC(CC)OC(=O)C(CC)[N+](C)(C)Cc2ccccc2)cc1. The molecule has 2 unspecified atom stereocenters. The predicted molar refractivity (Wildman–Crippen MR) is 155 cm³/mol. The first-order chi connectivity index (χ1) is 17.9. The summed E-state index contributed by atoms with van der Waals surface area (Å²) in [5.74, 6) is 0.554. The molecule has 0 fully saturated rings. The third-order valence-corrected chi connectivity index (χ3v) is 7.28. The Morgan fingerprint density at radius 1 is 0.730 bits per heavy atom. The van der Waals surface area contributed by atoms with E-state index >= 15 is 0 Å². The fraction of sp³-hybridized carbons (Fsp3) is 0.606. The maximum atomic E-state index is 13.2. The van der Waals surface area contributed by atoms with Gasteiger partial charge in [0.15, 0.2) is 6.04 Å². The number of aryl methyl sites for hydroxylation is 1. The molecule has 206 valence electrons. The van der Waals surface area contributed by atoms with Gasteiger partial charge >= 0.3 is 5.97 Å². The molecular weight excluding hydrogens is 458 g/mol. The Labute approximate surface area is 227 Å². The van der Waals surface area contributed by atoms with Crippen molar-refractivity contribution >= 4 is 5.97 Å². The molecule has 0 spiro atoms. The third-order valence-electron chi connectivity index (χ3n) is 7.28. The van der Waals surface area contributed by atoms with Gasteiger partial charge in [0.1, 0.15) is 12.3 Å². The number of nitrogens with zero attached hydrogens (tertiary/aromatic N) is 1. The highest BCUT2D eigenvalue weighted by Gasteiger charge is 2.36. The average Bonchev–Trinajstić information content (AvgIpc) is 2.88. The van der Waals surface area contributed by atoms with Gasteiger partial charge in [0.05, 0.1) is 14.1 Å². The molecule has 0 saturated heterocycles. The van der Waals surface area contributed by atoms with Crippen LogP contribution in [0, 0.1) is 0 Å². The summed E-state index contributed by atoms with van der Waals surface area (Å²) in [6, 6.07) is 18.4. The van der Waals surface area contributed by atoms with Gasteiger partial charge in [-0.25, -0.2) is 4.79 Å². The first kappa shape index (κ1) is 30.9. The normalized spacial score (nSPS) is 13.2. The highest BCUT2D eigenvalue weighted by Crippen LogP contribution is 2.21. The van der Waals surface area contributed by atoms with E-state index in [1.807, 2.05) is 44.2 Å². The van der Waals surface area contributed by atoms with Crippen LogP contribution in [0.3, 0.4) is 0 Å². The van der Waals surface area contributed by atoms with Gasteiger partial charge in [-0.1, -0.05) is 115 Å². The number of carbonyl (C=O) groups excluding carboxylic acids is 1. The van der Waals surface area contributed by atoms with Crippen molar-refractivity contribution in [2.75, 3.05) is 14.1 Å². The molecule has 0 bridgehead atoms. The number of likely N-dealkylation sites (N-methyl/N-ethyl adjacent to an activating group) is 1. The quantitative estimate of drug-likeness (QED) is 0.0823. The van der Waals surface area contributed by atoms with Crippen LogP contribution in [-0.4, -0.2) is 36.9 Å². The standard InChI is InChI=1S/C33H52NO3/c1-6-9-10-11-12-13-14-15-17-20-28-23-25-30(26-24-28)36-32(8-3)37-33(35)31(7-2)34(4,5)27-29-21-18-16-19-22-29/h16,18-19,21-26,31-32H,6-15,17,20,27H2,1-5H3/q+1. The molecule has 0 aliphatic carbocycles. The minimum atomic E-state index is -0.582. The fourth-order valence-corrected chi connectivity index (χ4v) is 5.04. The molecule has 2 aromatic rings. The zero-order valence-corrected chi connectivity index (χ0v) is 24.2. The molecule has 0 amide bonds. The Morgan fingerprint density at radius 3 is 1.89 bits per heavy atom. The van der Waals surface area contributed by atoms with Gasteiger partial charge in [-0.15, -0.1) is 0 Å². The number of esters is 1. The molecule has 4 heteroatoms. The molecule has 0 N–H and O–H groups in total. The lowest BCUT2D eigenvalue weighted by molar-refractivity contribution is -0.919. The Kier molecular flexibility index (Phi) is 14.4. The topological polar surface area (TPSA) is 35.5 Å². The molecule has 0 radical (unpaired) electrons. The van der Waals surface area contributed by atoms with E-state index < -0.39 is 6.29 Å². The molecule has 4 nitrogen and oxygen atoms in total. The van der Waals surface area contributed by atoms with Crippen molar-refractivity contribution in [2.24, 2.45) is 0 Å². The van der Waals surface area contributed by atoms with Crippen molar-refractivity contribution in [3.05, 3.63) is 65.7 Å². The lowest BCUT2D eigenvalue weighted by Crippen LogP contribution is -2.53. The molecular formula is C33H52NO3+. The minimum absolute atomic E-state index is 0.197. The van der Waals surface area contributed by atoms with E-state index in [4.69, 9.17) is 9.47 Å². The smallest absolute Gasteiger partial charge is 0.368 e. The molecule has 0 aliphatic rings. The highest BCUT2D eigenvalue weighted by atomic mass is 16.7. The van der Waals surface area contributed by atoms with Gasteiger partial charge in [-0.3, -0.25) is 0 Å². The first-order valence-electron chi connectivity index (χ1n) is 14.7. The Hall–Kier alpha value is -2.33. The van der Waals surface area contributed by atoms with E-state index in [9.17, 15) is 4.79 Å². The molecule has 37 heavy (non-hydrogen) atoms. The lowest BCUT2D eigenvalue weighted by Gasteiger charge is -2.36. The molecule has 0 aliphatic heterocycles. The second-order valence-electron chi connectivity index (χ2n) is 11.0. The Balaban J connectivity index is 1.78. The van der Waals surface area contributed by atoms with E-state index in [0.29, 0.717) is 17.3 Å². The molecule has 0 saturated carbocycles. The Morgan fingerprint density at radius 2 is 1.32 bits per heavy atom. The second kappa shape index (κ2) is 17.2. The number of ether oxygens (including phenoxy) is 2. The summed E-state index contributed by atoms with van der Waals surface area (Å²) in [4.78, 5) is 13.2. The van der Waals surface area contributed by atoms with E-state index in [2.05, 4.69) is 45.3 Å². The van der Waals surface area contributed by atoms with Crippen LogP contribution >= 0.6 is 0 Å². The lowest BCUT2D eigenvalue weighted by atomic mass is 10.0. The summed E-state index contributed by atoms with van der Waals surface area (Å²) < 4.78 is 12.5. The third kappa shape index (κ3) is 11.7. The minimum Gasteiger partial charge on any atom is -0.455 e. The monoisotopic (exact) mass is 510 g/mol. The van der Waals surface area contributed by atoms with Gasteiger partial charge in [0.2, 0.25) is 6.29 Å². The number of unbranched alkanes of at least 4 members (excludes halogenated alkanes) is 8. The van der Waals surface area contributed by atoms with Crippen molar-refractivity contribution in [1.29, 1.82) is 0 Å². The van der Waals surface area contributed by atoms with E-state index in [1.54, 1.807) is 0 Å². The van der Waals surface area contributed by atoms with Gasteiger partial charge in [-0.05, 0) is 30.5 Å². The van der Waals surface area contributed by atoms with Crippen LogP contribution in [0.25, 0.3) is 0 Å². The second-order valence-corrected chi connectivity index (χ2v) is 11.0. The van der Waals surface area contributed by atoms with Crippen molar-refractivity contribution in [3.63, 3.8) is 0 Å². The number of rotatable bonds is 19. The zero-order valence-electron chi connectivity index (χ0n) is 24.2. The summed E-state index contributed by atoms with van der Waals surface area (Å²) in [5, 5.41) is 0. The van der Waals surface area contributed by atoms with Gasteiger partial charge in [0.25, 0.3) is 0 Å². The molecule has 0 heterocycles. The van der Waals surface area contributed by atoms with Crippen molar-refractivity contribution < 1.29 is 18.8 Å². The van der Waals surface area contributed by atoms with Crippen molar-refractivity contribution in [3.8, 4) is 5.75 Å². The van der Waals surface area contributed by atoms with E-state index in [0.717, 1.165) is 18.7 Å². The number of benzene rings is 2. The van der Waals surface area contributed by atoms with Crippen LogP contribution in [0.4, 0.5) is 0 Å². The number of quaternary nitrogens is 1. The van der Waals surface area contributed by atoms with Gasteiger partial charge in [0, 0.05) is 18.4 Å². The van der Waals surface area contributed by atoms with Crippen LogP contribution in [-0.2, 0) is 22.5 Å². The van der Waals surface area contributed by atoms with Gasteiger partial charge < -0.3 is 14.0 Å². The maximum Gasteiger partial charge on any atom is 0.368 e. The molecule has 2 aromatic carbocycles. The molecule has 0 aromatic heterocycles. The number of hydrogen-bond donors (Lipinski definition) is 0. The average molecular weight is 511 g/mol. The predicted octanol–water partition coefficient (Wildman–Crippen LogP) is 8.47. The van der Waals surface area contributed by atoms with Crippen LogP contribution in [0.5, 0.6) is 5.75 Å².